The minimum Gasteiger partial charge on any atom is -0.507 e. The molecule has 1 aliphatic rings. The number of rotatable bonds is 4. The van der Waals surface area contributed by atoms with Gasteiger partial charge in [-0.15, -0.1) is 10.2 Å². The highest BCUT2D eigenvalue weighted by Crippen LogP contribution is 2.36. The molecule has 2 heterocycles. The lowest BCUT2D eigenvalue weighted by atomic mass is 9.91. The van der Waals surface area contributed by atoms with E-state index in [1.165, 1.54) is 0 Å². The molecule has 0 unspecified atom stereocenters. The Bertz CT molecular complexity index is 1000. The van der Waals surface area contributed by atoms with E-state index in [0.29, 0.717) is 29.9 Å². The normalized spacial score (nSPS) is 18.6. The van der Waals surface area contributed by atoms with Crippen LogP contribution in [0, 0.1) is 0 Å². The molecule has 1 aromatic carbocycles. The van der Waals surface area contributed by atoms with Crippen molar-refractivity contribution in [3.63, 3.8) is 0 Å². The zero-order chi connectivity index (χ0) is 20.6. The summed E-state index contributed by atoms with van der Waals surface area (Å²) in [4.78, 5) is 1.77. The number of hydrogen-bond acceptors (Lipinski definition) is 5. The third-order valence-electron chi connectivity index (χ3n) is 5.46. The first-order valence-corrected chi connectivity index (χ1v) is 9.60. The first kappa shape index (κ1) is 19.3. The number of hydrogen-bond donors (Lipinski definition) is 1. The van der Waals surface area contributed by atoms with E-state index >= 15 is 0 Å². The molecule has 0 radical (unpaired) electrons. The molecule has 152 valence electrons. The Balaban J connectivity index is 1.53. The first-order chi connectivity index (χ1) is 13.8. The summed E-state index contributed by atoms with van der Waals surface area (Å²) < 4.78 is 29.1. The van der Waals surface area contributed by atoms with Gasteiger partial charge in [0.05, 0.1) is 11.4 Å². The Morgan fingerprint density at radius 1 is 1.14 bits per heavy atom. The largest absolute Gasteiger partial charge is 0.507 e. The van der Waals surface area contributed by atoms with Gasteiger partial charge in [0.15, 0.2) is 5.82 Å². The lowest BCUT2D eigenvalue weighted by molar-refractivity contribution is -0.0401. The van der Waals surface area contributed by atoms with Crippen LogP contribution in [0.25, 0.3) is 22.5 Å². The van der Waals surface area contributed by atoms with Gasteiger partial charge in [0.2, 0.25) is 5.92 Å². The van der Waals surface area contributed by atoms with Crippen LogP contribution in [0.3, 0.4) is 0 Å². The van der Waals surface area contributed by atoms with Crippen LogP contribution >= 0.6 is 0 Å². The van der Waals surface area contributed by atoms with Crippen LogP contribution in [-0.4, -0.2) is 44.1 Å². The summed E-state index contributed by atoms with van der Waals surface area (Å²) in [7, 11) is 3.61. The average molecular weight is 399 g/mol. The van der Waals surface area contributed by atoms with Crippen molar-refractivity contribution in [1.82, 2.24) is 20.0 Å². The number of aromatic hydroxyl groups is 1. The second kappa shape index (κ2) is 7.42. The molecule has 1 atom stereocenters. The van der Waals surface area contributed by atoms with Crippen molar-refractivity contribution in [1.29, 1.82) is 0 Å². The molecule has 4 rings (SSSR count). The predicted octanol–water partition coefficient (Wildman–Crippen LogP) is 4.26. The van der Waals surface area contributed by atoms with Gasteiger partial charge in [-0.2, -0.15) is 5.10 Å². The van der Waals surface area contributed by atoms with Gasteiger partial charge in [-0.25, -0.2) is 8.78 Å². The number of phenols is 1. The molecule has 6 nitrogen and oxygen atoms in total. The van der Waals surface area contributed by atoms with Crippen LogP contribution in [-0.2, 0) is 7.05 Å². The maximum Gasteiger partial charge on any atom is 0.250 e. The van der Waals surface area contributed by atoms with Crippen LogP contribution in [0.15, 0.2) is 42.6 Å². The molecule has 1 N–H and O–H groups in total. The predicted molar refractivity (Wildman–Crippen MR) is 107 cm³/mol. The summed E-state index contributed by atoms with van der Waals surface area (Å²) >= 11 is 0. The number of phenolic OH excluding ortho intramolecular Hbond substituents is 1. The highest BCUT2D eigenvalue weighted by Gasteiger charge is 2.38. The molecule has 1 saturated carbocycles. The van der Waals surface area contributed by atoms with E-state index in [1.807, 2.05) is 25.4 Å². The maximum absolute atomic E-state index is 13.7. The molecular formula is C21H23F2N5O. The standard InChI is InChI=1S/C21H23F2N5O/c1-27-11-9-17(26-27)14-5-6-16(19(29)12-14)18-7-8-20(25-24-18)28(2)15-4-3-10-21(22,23)13-15/h5-9,11-12,15,29H,3-4,10,13H2,1-2H3/t15-/m0/s1. The highest BCUT2D eigenvalue weighted by atomic mass is 19.3. The van der Waals surface area contributed by atoms with Crippen LogP contribution in [0.1, 0.15) is 25.7 Å². The van der Waals surface area contributed by atoms with Crippen LogP contribution in [0.5, 0.6) is 5.75 Å². The van der Waals surface area contributed by atoms with Gasteiger partial charge < -0.3 is 10.0 Å². The Labute approximate surface area is 167 Å². The van der Waals surface area contributed by atoms with Gasteiger partial charge in [0, 0.05) is 50.3 Å². The lowest BCUT2D eigenvalue weighted by Crippen LogP contribution is -2.40. The lowest BCUT2D eigenvalue weighted by Gasteiger charge is -2.35. The number of aromatic nitrogens is 4. The summed E-state index contributed by atoms with van der Waals surface area (Å²) in [6.45, 7) is 0. The van der Waals surface area contributed by atoms with Crippen LogP contribution in [0.2, 0.25) is 0 Å². The molecule has 0 saturated heterocycles. The Morgan fingerprint density at radius 2 is 1.97 bits per heavy atom. The van der Waals surface area contributed by atoms with Crippen molar-refractivity contribution in [2.24, 2.45) is 7.05 Å². The summed E-state index contributed by atoms with van der Waals surface area (Å²) in [5, 5.41) is 23.2. The van der Waals surface area contributed by atoms with E-state index in [-0.39, 0.29) is 24.6 Å². The van der Waals surface area contributed by atoms with Crippen molar-refractivity contribution in [3.05, 3.63) is 42.6 Å². The maximum atomic E-state index is 13.7. The molecule has 29 heavy (non-hydrogen) atoms. The van der Waals surface area contributed by atoms with Gasteiger partial charge in [-0.1, -0.05) is 6.07 Å². The zero-order valence-corrected chi connectivity index (χ0v) is 16.4. The fraction of sp³-hybridized carbons (Fsp3) is 0.381. The van der Waals surface area contributed by atoms with Crippen molar-refractivity contribution in [2.75, 3.05) is 11.9 Å². The van der Waals surface area contributed by atoms with Gasteiger partial charge >= 0.3 is 0 Å². The van der Waals surface area contributed by atoms with Crippen molar-refractivity contribution < 1.29 is 13.9 Å². The van der Waals surface area contributed by atoms with Crippen molar-refractivity contribution in [2.45, 2.75) is 37.6 Å². The Hall–Kier alpha value is -3.03. The second-order valence-electron chi connectivity index (χ2n) is 7.60. The summed E-state index contributed by atoms with van der Waals surface area (Å²) in [6.07, 6.45) is 2.84. The van der Waals surface area contributed by atoms with E-state index in [9.17, 15) is 13.9 Å². The number of aryl methyl sites for hydroxylation is 1. The van der Waals surface area contributed by atoms with Gasteiger partial charge in [-0.3, -0.25) is 4.68 Å². The highest BCUT2D eigenvalue weighted by molar-refractivity contribution is 5.73. The summed E-state index contributed by atoms with van der Waals surface area (Å²) in [5.74, 6) is -2.00. The van der Waals surface area contributed by atoms with Gasteiger partial charge in [0.1, 0.15) is 5.75 Å². The van der Waals surface area contributed by atoms with Crippen molar-refractivity contribution in [3.8, 4) is 28.3 Å². The number of alkyl halides is 2. The van der Waals surface area contributed by atoms with Crippen LogP contribution < -0.4 is 4.90 Å². The molecule has 0 aliphatic heterocycles. The van der Waals surface area contributed by atoms with E-state index < -0.39 is 5.92 Å². The first-order valence-electron chi connectivity index (χ1n) is 9.60. The number of anilines is 1. The topological polar surface area (TPSA) is 67.1 Å². The third kappa shape index (κ3) is 4.06. The SMILES string of the molecule is CN(c1ccc(-c2ccc(-c3ccn(C)n3)cc2O)nn1)[C@H]1CCCC(F)(F)C1. The van der Waals surface area contributed by atoms with Gasteiger partial charge in [-0.05, 0) is 43.2 Å². The molecule has 0 amide bonds. The van der Waals surface area contributed by atoms with E-state index in [4.69, 9.17) is 0 Å². The van der Waals surface area contributed by atoms with Gasteiger partial charge in [0.25, 0.3) is 0 Å². The smallest absolute Gasteiger partial charge is 0.250 e. The fourth-order valence-electron chi connectivity index (χ4n) is 3.80. The van der Waals surface area contributed by atoms with Crippen molar-refractivity contribution >= 4 is 5.82 Å². The third-order valence-corrected chi connectivity index (χ3v) is 5.46. The van der Waals surface area contributed by atoms with E-state index in [0.717, 1.165) is 11.3 Å². The monoisotopic (exact) mass is 399 g/mol. The molecule has 1 fully saturated rings. The number of halogens is 2. The quantitative estimate of drug-likeness (QED) is 0.710. The summed E-state index contributed by atoms with van der Waals surface area (Å²) in [5.41, 5.74) is 2.63. The zero-order valence-electron chi connectivity index (χ0n) is 16.4. The number of nitrogens with zero attached hydrogens (tertiary/aromatic N) is 5. The molecule has 2 aromatic heterocycles. The second-order valence-corrected chi connectivity index (χ2v) is 7.60. The average Bonchev–Trinajstić information content (AvgIpc) is 3.13. The molecule has 1 aliphatic carbocycles. The van der Waals surface area contributed by atoms with E-state index in [1.54, 1.807) is 40.9 Å². The molecule has 0 spiro atoms. The molecular weight excluding hydrogens is 376 g/mol. The molecule has 0 bridgehead atoms. The Kier molecular flexibility index (Phi) is 4.94. The molecule has 8 heteroatoms. The minimum absolute atomic E-state index is 0.0459. The number of benzene rings is 1. The van der Waals surface area contributed by atoms with Crippen LogP contribution in [0.4, 0.5) is 14.6 Å². The molecule has 3 aromatic rings. The van der Waals surface area contributed by atoms with E-state index in [2.05, 4.69) is 15.3 Å². The minimum atomic E-state index is -2.62. The fourth-order valence-corrected chi connectivity index (χ4v) is 3.80. The summed E-state index contributed by atoms with van der Waals surface area (Å²) in [6, 6.07) is 10.4. The Morgan fingerprint density at radius 3 is 2.59 bits per heavy atom.